The fourth-order valence-corrected chi connectivity index (χ4v) is 2.19. The molecule has 2 aromatic rings. The molecule has 0 bridgehead atoms. The molecule has 0 aliphatic heterocycles. The Morgan fingerprint density at radius 2 is 2.05 bits per heavy atom. The Labute approximate surface area is 134 Å². The Bertz CT molecular complexity index is 672. The number of ketones is 1. The van der Waals surface area contributed by atoms with Gasteiger partial charge in [-0.05, 0) is 50.1 Å². The zero-order valence-electron chi connectivity index (χ0n) is 12.3. The van der Waals surface area contributed by atoms with Crippen LogP contribution in [0.1, 0.15) is 35.8 Å². The average Bonchev–Trinajstić information content (AvgIpc) is 2.50. The number of hydrogen-bond donors (Lipinski definition) is 1. The summed E-state index contributed by atoms with van der Waals surface area (Å²) < 4.78 is 0. The van der Waals surface area contributed by atoms with Gasteiger partial charge in [0, 0.05) is 23.9 Å². The number of halogens is 1. The maximum atomic E-state index is 12.0. The van der Waals surface area contributed by atoms with Crippen molar-refractivity contribution in [2.75, 3.05) is 5.32 Å². The van der Waals surface area contributed by atoms with Crippen LogP contribution < -0.4 is 5.32 Å². The Hall–Kier alpha value is -2.20. The van der Waals surface area contributed by atoms with Gasteiger partial charge in [0.1, 0.15) is 0 Å². The van der Waals surface area contributed by atoms with Gasteiger partial charge in [-0.15, -0.1) is 0 Å². The predicted molar refractivity (Wildman–Crippen MR) is 87.3 cm³/mol. The van der Waals surface area contributed by atoms with E-state index in [1.54, 1.807) is 24.4 Å². The van der Waals surface area contributed by atoms with Crippen molar-refractivity contribution >= 4 is 29.0 Å². The van der Waals surface area contributed by atoms with E-state index in [2.05, 4.69) is 10.3 Å². The van der Waals surface area contributed by atoms with Gasteiger partial charge in [-0.3, -0.25) is 14.6 Å². The number of amides is 1. The Balaban J connectivity index is 1.89. The fraction of sp³-hybridized carbons (Fsp3) is 0.235. The summed E-state index contributed by atoms with van der Waals surface area (Å²) in [6, 6.07) is 10.6. The van der Waals surface area contributed by atoms with Crippen molar-refractivity contribution in [1.82, 2.24) is 4.98 Å². The zero-order valence-corrected chi connectivity index (χ0v) is 13.1. The molecule has 0 aliphatic carbocycles. The number of Topliss-reactive ketones (excluding diaryl/α,β-unsaturated/α-hetero) is 1. The van der Waals surface area contributed by atoms with Crippen molar-refractivity contribution < 1.29 is 9.59 Å². The molecular weight excluding hydrogens is 300 g/mol. The van der Waals surface area contributed by atoms with Crippen LogP contribution in [0.5, 0.6) is 0 Å². The lowest BCUT2D eigenvalue weighted by molar-refractivity contribution is -0.116. The molecule has 0 radical (unpaired) electrons. The molecule has 0 saturated carbocycles. The van der Waals surface area contributed by atoms with Crippen molar-refractivity contribution in [3.8, 4) is 0 Å². The third-order valence-corrected chi connectivity index (χ3v) is 3.54. The van der Waals surface area contributed by atoms with Crippen molar-refractivity contribution in [3.63, 3.8) is 0 Å². The van der Waals surface area contributed by atoms with Gasteiger partial charge in [-0.1, -0.05) is 17.7 Å². The molecule has 2 rings (SSSR count). The molecule has 1 aromatic carbocycles. The van der Waals surface area contributed by atoms with Crippen LogP contribution >= 0.6 is 11.6 Å². The summed E-state index contributed by atoms with van der Waals surface area (Å²) in [6.45, 7) is 1.47. The highest BCUT2D eigenvalue weighted by molar-refractivity contribution is 6.33. The van der Waals surface area contributed by atoms with Crippen molar-refractivity contribution in [2.45, 2.75) is 26.2 Å². The first-order valence-corrected chi connectivity index (χ1v) is 7.44. The summed E-state index contributed by atoms with van der Waals surface area (Å²) in [5.74, 6) is -0.194. The second-order valence-corrected chi connectivity index (χ2v) is 5.38. The molecule has 0 unspecified atom stereocenters. The van der Waals surface area contributed by atoms with Crippen molar-refractivity contribution in [2.24, 2.45) is 0 Å². The molecule has 5 heteroatoms. The van der Waals surface area contributed by atoms with Gasteiger partial charge in [0.25, 0.3) is 0 Å². The summed E-state index contributed by atoms with van der Waals surface area (Å²) in [7, 11) is 0. The maximum absolute atomic E-state index is 12.0. The summed E-state index contributed by atoms with van der Waals surface area (Å²) in [5, 5.41) is 3.17. The van der Waals surface area contributed by atoms with Crippen LogP contribution in [-0.4, -0.2) is 16.7 Å². The molecule has 0 spiro atoms. The number of hydrogen-bond acceptors (Lipinski definition) is 3. The molecule has 0 atom stereocenters. The predicted octanol–water partition coefficient (Wildman–Crippen LogP) is 3.90. The van der Waals surface area contributed by atoms with Crippen LogP contribution in [0.3, 0.4) is 0 Å². The lowest BCUT2D eigenvalue weighted by Gasteiger charge is -2.08. The number of nitrogens with one attached hydrogen (secondary N) is 1. The standard InChI is InChI=1S/C17H17ClN2O2/c1-12(21)13-8-9-15(18)16(11-13)20-17(22)7-4-6-14-5-2-3-10-19-14/h2-3,5,8-11H,4,6-7H2,1H3,(H,20,22). The molecule has 4 nitrogen and oxygen atoms in total. The van der Waals surface area contributed by atoms with E-state index in [1.165, 1.54) is 6.92 Å². The van der Waals surface area contributed by atoms with Gasteiger partial charge in [0.05, 0.1) is 10.7 Å². The monoisotopic (exact) mass is 316 g/mol. The van der Waals surface area contributed by atoms with Crippen LogP contribution in [0.4, 0.5) is 5.69 Å². The first kappa shape index (κ1) is 16.2. The molecule has 114 valence electrons. The highest BCUT2D eigenvalue weighted by Gasteiger charge is 2.09. The van der Waals surface area contributed by atoms with E-state index in [0.717, 1.165) is 12.1 Å². The number of aromatic nitrogens is 1. The first-order chi connectivity index (χ1) is 10.6. The highest BCUT2D eigenvalue weighted by Crippen LogP contribution is 2.23. The molecule has 1 amide bonds. The minimum absolute atomic E-state index is 0.0673. The van der Waals surface area contributed by atoms with Gasteiger partial charge >= 0.3 is 0 Å². The average molecular weight is 317 g/mol. The largest absolute Gasteiger partial charge is 0.325 e. The van der Waals surface area contributed by atoms with Crippen LogP contribution in [0.25, 0.3) is 0 Å². The summed E-state index contributed by atoms with van der Waals surface area (Å²) in [6.07, 6.45) is 3.56. The van der Waals surface area contributed by atoms with Gasteiger partial charge in [-0.25, -0.2) is 0 Å². The number of nitrogens with zero attached hydrogens (tertiary/aromatic N) is 1. The van der Waals surface area contributed by atoms with Crippen LogP contribution in [0.2, 0.25) is 5.02 Å². The zero-order chi connectivity index (χ0) is 15.9. The quantitative estimate of drug-likeness (QED) is 0.822. The number of carbonyl (C=O) groups excluding carboxylic acids is 2. The summed E-state index contributed by atoms with van der Waals surface area (Å²) in [5.41, 5.74) is 1.96. The van der Waals surface area contributed by atoms with Crippen molar-refractivity contribution in [1.29, 1.82) is 0 Å². The Morgan fingerprint density at radius 1 is 1.23 bits per heavy atom. The van der Waals surface area contributed by atoms with E-state index in [1.807, 2.05) is 18.2 Å². The molecular formula is C17H17ClN2O2. The normalized spacial score (nSPS) is 10.3. The van der Waals surface area contributed by atoms with Crippen LogP contribution in [0, 0.1) is 0 Å². The second kappa shape index (κ2) is 7.71. The molecule has 0 saturated heterocycles. The number of benzene rings is 1. The van der Waals surface area contributed by atoms with Gasteiger partial charge in [-0.2, -0.15) is 0 Å². The smallest absolute Gasteiger partial charge is 0.224 e. The van der Waals surface area contributed by atoms with Crippen LogP contribution in [-0.2, 0) is 11.2 Å². The molecule has 0 aliphatic rings. The van der Waals surface area contributed by atoms with Gasteiger partial charge in [0.15, 0.2) is 5.78 Å². The molecule has 1 heterocycles. The number of pyridine rings is 1. The molecule has 1 aromatic heterocycles. The third-order valence-electron chi connectivity index (χ3n) is 3.21. The molecule has 1 N–H and O–H groups in total. The third kappa shape index (κ3) is 4.67. The highest BCUT2D eigenvalue weighted by atomic mass is 35.5. The van der Waals surface area contributed by atoms with E-state index < -0.39 is 0 Å². The summed E-state index contributed by atoms with van der Waals surface area (Å²) in [4.78, 5) is 27.5. The summed E-state index contributed by atoms with van der Waals surface area (Å²) >= 11 is 6.04. The fourth-order valence-electron chi connectivity index (χ4n) is 2.03. The number of anilines is 1. The van der Waals surface area contributed by atoms with E-state index in [0.29, 0.717) is 29.1 Å². The van der Waals surface area contributed by atoms with E-state index in [9.17, 15) is 9.59 Å². The minimum Gasteiger partial charge on any atom is -0.325 e. The SMILES string of the molecule is CC(=O)c1ccc(Cl)c(NC(=O)CCCc2ccccn2)c1. The maximum Gasteiger partial charge on any atom is 0.224 e. The topological polar surface area (TPSA) is 59.1 Å². The Morgan fingerprint density at radius 3 is 2.73 bits per heavy atom. The number of carbonyl (C=O) groups is 2. The Kier molecular flexibility index (Phi) is 5.67. The van der Waals surface area contributed by atoms with Gasteiger partial charge in [0.2, 0.25) is 5.91 Å². The van der Waals surface area contributed by atoms with Gasteiger partial charge < -0.3 is 5.32 Å². The van der Waals surface area contributed by atoms with E-state index >= 15 is 0 Å². The minimum atomic E-state index is -0.126. The van der Waals surface area contributed by atoms with E-state index in [4.69, 9.17) is 11.6 Å². The number of aryl methyl sites for hydroxylation is 1. The van der Waals surface area contributed by atoms with Crippen LogP contribution in [0.15, 0.2) is 42.6 Å². The molecule has 0 fully saturated rings. The van der Waals surface area contributed by atoms with Crippen molar-refractivity contribution in [3.05, 3.63) is 58.9 Å². The first-order valence-electron chi connectivity index (χ1n) is 7.06. The number of rotatable bonds is 6. The lowest BCUT2D eigenvalue weighted by Crippen LogP contribution is -2.12. The second-order valence-electron chi connectivity index (χ2n) is 4.97. The van der Waals surface area contributed by atoms with E-state index in [-0.39, 0.29) is 11.7 Å². The molecule has 22 heavy (non-hydrogen) atoms. The lowest BCUT2D eigenvalue weighted by atomic mass is 10.1.